The Labute approximate surface area is 208 Å². The fraction of sp³-hybridized carbons (Fsp3) is 0.308. The maximum Gasteiger partial charge on any atom is 0.305 e. The number of methoxy groups -OCH3 is 1. The number of likely N-dealkylation sites (N-methyl/N-ethyl adjacent to an activating group) is 1. The number of carboxylic acids is 1. The first-order chi connectivity index (χ1) is 17.5. The van der Waals surface area contributed by atoms with Gasteiger partial charge in [0.1, 0.15) is 11.6 Å². The van der Waals surface area contributed by atoms with E-state index in [4.69, 9.17) is 14.5 Å². The number of aromatic nitrogens is 4. The zero-order valence-electron chi connectivity index (χ0n) is 20.2. The van der Waals surface area contributed by atoms with Gasteiger partial charge in [0.25, 0.3) is 0 Å². The number of ether oxygens (including phenoxy) is 2. The van der Waals surface area contributed by atoms with Crippen molar-refractivity contribution in [1.82, 2.24) is 19.7 Å². The fourth-order valence-electron chi connectivity index (χ4n) is 4.40. The minimum absolute atomic E-state index is 0.124. The standard InChI is InChI=1S/C26H28N6O4/c1-31-11-10-27-26-22(31)6-4-19(30-26)9-12-36-20-5-7-21-18(13-20)16-29-32(21)23(14-25(33)34)17-3-8-24(35-2)28-15-17/h3-8,13,15-16,23H,9-12,14H2,1-2H3,(H,27,30)(H,33,34). The number of fused-ring (bicyclic) bond motifs is 2. The second-order valence-corrected chi connectivity index (χ2v) is 8.67. The van der Waals surface area contributed by atoms with E-state index in [2.05, 4.69) is 33.4 Å². The van der Waals surface area contributed by atoms with Gasteiger partial charge in [-0.3, -0.25) is 9.48 Å². The second kappa shape index (κ2) is 10.1. The van der Waals surface area contributed by atoms with Crippen molar-refractivity contribution in [3.05, 3.63) is 66.1 Å². The molecule has 0 saturated carbocycles. The average molecular weight is 489 g/mol. The summed E-state index contributed by atoms with van der Waals surface area (Å²) in [6, 6.07) is 12.8. The summed E-state index contributed by atoms with van der Waals surface area (Å²) in [5.41, 5.74) is 3.63. The summed E-state index contributed by atoms with van der Waals surface area (Å²) in [6.07, 6.45) is 3.91. The molecule has 3 aromatic heterocycles. The molecule has 1 unspecified atom stereocenters. The first-order valence-electron chi connectivity index (χ1n) is 11.8. The monoisotopic (exact) mass is 488 g/mol. The largest absolute Gasteiger partial charge is 0.493 e. The van der Waals surface area contributed by atoms with Crippen LogP contribution in [0, 0.1) is 0 Å². The Kier molecular flexibility index (Phi) is 6.57. The van der Waals surface area contributed by atoms with Gasteiger partial charge in [0.2, 0.25) is 5.88 Å². The number of hydrogen-bond acceptors (Lipinski definition) is 8. The van der Waals surface area contributed by atoms with Crippen LogP contribution in [-0.4, -0.2) is 64.7 Å². The number of aliphatic carboxylic acids is 1. The molecule has 10 heteroatoms. The molecule has 0 amide bonds. The van der Waals surface area contributed by atoms with Crippen LogP contribution in [0.15, 0.2) is 54.9 Å². The van der Waals surface area contributed by atoms with Crippen LogP contribution >= 0.6 is 0 Å². The molecule has 10 nitrogen and oxygen atoms in total. The summed E-state index contributed by atoms with van der Waals surface area (Å²) in [4.78, 5) is 22.8. The number of nitrogens with one attached hydrogen (secondary N) is 1. The van der Waals surface area contributed by atoms with E-state index in [0.717, 1.165) is 52.5 Å². The molecule has 1 aliphatic heterocycles. The quantitative estimate of drug-likeness (QED) is 0.366. The van der Waals surface area contributed by atoms with Crippen molar-refractivity contribution in [2.75, 3.05) is 44.1 Å². The molecular formula is C26H28N6O4. The fourth-order valence-corrected chi connectivity index (χ4v) is 4.40. The number of rotatable bonds is 9. The molecule has 0 spiro atoms. The first kappa shape index (κ1) is 23.4. The highest BCUT2D eigenvalue weighted by Crippen LogP contribution is 2.29. The predicted molar refractivity (Wildman–Crippen MR) is 136 cm³/mol. The molecule has 1 aliphatic rings. The second-order valence-electron chi connectivity index (χ2n) is 8.67. The molecule has 5 rings (SSSR count). The van der Waals surface area contributed by atoms with Gasteiger partial charge < -0.3 is 24.8 Å². The Hall–Kier alpha value is -4.34. The SMILES string of the molecule is COc1ccc(C(CC(=O)O)n2ncc3cc(OCCc4ccc5c(n4)NCCN5C)ccc32)cn1. The molecule has 4 aromatic rings. The van der Waals surface area contributed by atoms with E-state index in [9.17, 15) is 9.90 Å². The highest BCUT2D eigenvalue weighted by atomic mass is 16.5. The zero-order chi connectivity index (χ0) is 25.1. The molecule has 0 saturated heterocycles. The summed E-state index contributed by atoms with van der Waals surface area (Å²) in [6.45, 7) is 2.33. The van der Waals surface area contributed by atoms with Gasteiger partial charge in [0.05, 0.1) is 43.6 Å². The van der Waals surface area contributed by atoms with E-state index < -0.39 is 12.0 Å². The van der Waals surface area contributed by atoms with Crippen molar-refractivity contribution in [3.8, 4) is 11.6 Å². The molecule has 0 fully saturated rings. The van der Waals surface area contributed by atoms with Crippen molar-refractivity contribution in [2.24, 2.45) is 0 Å². The maximum atomic E-state index is 11.6. The van der Waals surface area contributed by atoms with E-state index in [1.807, 2.05) is 30.3 Å². The third-order valence-electron chi connectivity index (χ3n) is 6.29. The number of hydrogen-bond donors (Lipinski definition) is 2. The molecule has 4 heterocycles. The smallest absolute Gasteiger partial charge is 0.305 e. The zero-order valence-corrected chi connectivity index (χ0v) is 20.2. The van der Waals surface area contributed by atoms with Crippen LogP contribution in [0.3, 0.4) is 0 Å². The van der Waals surface area contributed by atoms with E-state index in [1.165, 1.54) is 7.11 Å². The summed E-state index contributed by atoms with van der Waals surface area (Å²) in [7, 11) is 3.61. The van der Waals surface area contributed by atoms with E-state index in [-0.39, 0.29) is 6.42 Å². The Morgan fingerprint density at radius 2 is 2.08 bits per heavy atom. The third kappa shape index (κ3) is 4.88. The summed E-state index contributed by atoms with van der Waals surface area (Å²) >= 11 is 0. The lowest BCUT2D eigenvalue weighted by atomic mass is 10.1. The lowest BCUT2D eigenvalue weighted by molar-refractivity contribution is -0.137. The van der Waals surface area contributed by atoms with Gasteiger partial charge in [-0.15, -0.1) is 0 Å². The summed E-state index contributed by atoms with van der Waals surface area (Å²) in [5.74, 6) is 1.18. The lowest BCUT2D eigenvalue weighted by Gasteiger charge is -2.27. The van der Waals surface area contributed by atoms with Crippen molar-refractivity contribution in [2.45, 2.75) is 18.9 Å². The van der Waals surface area contributed by atoms with Crippen LogP contribution in [0.2, 0.25) is 0 Å². The lowest BCUT2D eigenvalue weighted by Crippen LogP contribution is -2.31. The Morgan fingerprint density at radius 3 is 2.86 bits per heavy atom. The van der Waals surface area contributed by atoms with Crippen molar-refractivity contribution >= 4 is 28.4 Å². The van der Waals surface area contributed by atoms with Crippen LogP contribution in [0.4, 0.5) is 11.5 Å². The van der Waals surface area contributed by atoms with E-state index in [1.54, 1.807) is 23.1 Å². The highest BCUT2D eigenvalue weighted by Gasteiger charge is 2.21. The Balaban J connectivity index is 1.30. The molecule has 1 aromatic carbocycles. The number of pyridine rings is 2. The van der Waals surface area contributed by atoms with Crippen molar-refractivity contribution < 1.29 is 19.4 Å². The van der Waals surface area contributed by atoms with Crippen LogP contribution < -0.4 is 19.7 Å². The number of benzene rings is 1. The predicted octanol–water partition coefficient (Wildman–Crippen LogP) is 3.38. The molecule has 186 valence electrons. The van der Waals surface area contributed by atoms with Crippen LogP contribution in [0.5, 0.6) is 11.6 Å². The minimum atomic E-state index is -0.919. The van der Waals surface area contributed by atoms with Crippen LogP contribution in [-0.2, 0) is 11.2 Å². The van der Waals surface area contributed by atoms with Crippen molar-refractivity contribution in [3.63, 3.8) is 0 Å². The molecule has 36 heavy (non-hydrogen) atoms. The van der Waals surface area contributed by atoms with Crippen LogP contribution in [0.25, 0.3) is 10.9 Å². The topological polar surface area (TPSA) is 115 Å². The maximum absolute atomic E-state index is 11.6. The normalized spacial score (nSPS) is 13.7. The average Bonchev–Trinajstić information content (AvgIpc) is 3.30. The highest BCUT2D eigenvalue weighted by molar-refractivity contribution is 5.81. The molecule has 0 bridgehead atoms. The third-order valence-corrected chi connectivity index (χ3v) is 6.29. The molecule has 1 atom stereocenters. The molecular weight excluding hydrogens is 460 g/mol. The van der Waals surface area contributed by atoms with Gasteiger partial charge in [-0.05, 0) is 42.0 Å². The van der Waals surface area contributed by atoms with E-state index >= 15 is 0 Å². The van der Waals surface area contributed by atoms with E-state index in [0.29, 0.717) is 18.9 Å². The van der Waals surface area contributed by atoms with Gasteiger partial charge in [0.15, 0.2) is 0 Å². The number of nitrogens with zero attached hydrogens (tertiary/aromatic N) is 5. The van der Waals surface area contributed by atoms with Gasteiger partial charge in [-0.1, -0.05) is 0 Å². The summed E-state index contributed by atoms with van der Waals surface area (Å²) < 4.78 is 12.8. The van der Waals surface area contributed by atoms with Gasteiger partial charge >= 0.3 is 5.97 Å². The molecule has 0 radical (unpaired) electrons. The number of carbonyl (C=O) groups is 1. The molecule has 2 N–H and O–H groups in total. The van der Waals surface area contributed by atoms with Crippen molar-refractivity contribution in [1.29, 1.82) is 0 Å². The number of carboxylic acid groups (broad SMARTS) is 1. The van der Waals surface area contributed by atoms with Crippen LogP contribution in [0.1, 0.15) is 23.7 Å². The van der Waals surface area contributed by atoms with Gasteiger partial charge in [0, 0.05) is 49.9 Å². The first-order valence-corrected chi connectivity index (χ1v) is 11.8. The Morgan fingerprint density at radius 1 is 1.19 bits per heavy atom. The van der Waals surface area contributed by atoms with Gasteiger partial charge in [-0.2, -0.15) is 5.10 Å². The Bertz CT molecular complexity index is 1370. The minimum Gasteiger partial charge on any atom is -0.493 e. The van der Waals surface area contributed by atoms with Gasteiger partial charge in [-0.25, -0.2) is 9.97 Å². The molecule has 0 aliphatic carbocycles. The summed E-state index contributed by atoms with van der Waals surface area (Å²) in [5, 5.41) is 18.2. The number of anilines is 2.